The number of pyridine rings is 2. The van der Waals surface area contributed by atoms with Crippen LogP contribution in [0.2, 0.25) is 5.15 Å². The lowest BCUT2D eigenvalue weighted by atomic mass is 10.1. The van der Waals surface area contributed by atoms with Crippen molar-refractivity contribution in [2.45, 2.75) is 13.3 Å². The topological polar surface area (TPSA) is 25.8 Å². The number of fused-ring (bicyclic) bond motifs is 1. The van der Waals surface area contributed by atoms with Crippen LogP contribution in [0.5, 0.6) is 0 Å². The second kappa shape index (κ2) is 3.50. The summed E-state index contributed by atoms with van der Waals surface area (Å²) in [6, 6.07) is 3.39. The first-order valence-corrected chi connectivity index (χ1v) is 4.69. The molecule has 0 N–H and O–H groups in total. The van der Waals surface area contributed by atoms with E-state index in [1.54, 1.807) is 12.1 Å². The van der Waals surface area contributed by atoms with Crippen LogP contribution in [0, 0.1) is 5.82 Å². The Morgan fingerprint density at radius 2 is 2.21 bits per heavy atom. The van der Waals surface area contributed by atoms with E-state index in [4.69, 9.17) is 11.6 Å². The van der Waals surface area contributed by atoms with E-state index >= 15 is 0 Å². The fourth-order valence-electron chi connectivity index (χ4n) is 1.41. The lowest BCUT2D eigenvalue weighted by molar-refractivity contribution is 0.609. The second-order valence-corrected chi connectivity index (χ2v) is 3.33. The van der Waals surface area contributed by atoms with E-state index in [1.807, 2.05) is 6.92 Å². The van der Waals surface area contributed by atoms with Crippen molar-refractivity contribution < 1.29 is 4.39 Å². The van der Waals surface area contributed by atoms with Crippen molar-refractivity contribution in [1.82, 2.24) is 9.97 Å². The number of hydrogen-bond acceptors (Lipinski definition) is 2. The molecule has 0 aliphatic rings. The molecule has 14 heavy (non-hydrogen) atoms. The molecule has 2 heterocycles. The predicted molar refractivity (Wildman–Crippen MR) is 53.9 cm³/mol. The predicted octanol–water partition coefficient (Wildman–Crippen LogP) is 2.98. The summed E-state index contributed by atoms with van der Waals surface area (Å²) in [4.78, 5) is 8.00. The summed E-state index contributed by atoms with van der Waals surface area (Å²) in [6.07, 6.45) is 1.80. The molecule has 2 rings (SSSR count). The van der Waals surface area contributed by atoms with Crippen LogP contribution >= 0.6 is 11.6 Å². The summed E-state index contributed by atoms with van der Waals surface area (Å²) in [6.45, 7) is 1.88. The maximum atomic E-state index is 13.3. The van der Waals surface area contributed by atoms with Gasteiger partial charge in [0.05, 0.1) is 17.2 Å². The molecule has 0 aliphatic heterocycles. The zero-order valence-electron chi connectivity index (χ0n) is 7.59. The van der Waals surface area contributed by atoms with Crippen molar-refractivity contribution in [2.24, 2.45) is 0 Å². The van der Waals surface area contributed by atoms with Crippen LogP contribution in [0.3, 0.4) is 0 Å². The van der Waals surface area contributed by atoms with Gasteiger partial charge in [0.25, 0.3) is 0 Å². The smallest absolute Gasteiger partial charge is 0.146 e. The third-order valence-electron chi connectivity index (χ3n) is 2.08. The number of nitrogens with zero attached hydrogens (tertiary/aromatic N) is 2. The molecular weight excluding hydrogens is 203 g/mol. The molecule has 0 bridgehead atoms. The molecule has 72 valence electrons. The van der Waals surface area contributed by atoms with Gasteiger partial charge in [0.2, 0.25) is 0 Å². The lowest BCUT2D eigenvalue weighted by Gasteiger charge is -2.03. The fraction of sp³-hybridized carbons (Fsp3) is 0.200. The number of rotatable bonds is 1. The standard InChI is InChI=1S/C10H8ClFN2/c1-2-6-7(12)5-13-8-3-4-9(11)14-10(6)8/h3-5H,2H2,1H3. The van der Waals surface area contributed by atoms with Gasteiger partial charge in [-0.1, -0.05) is 18.5 Å². The number of aromatic nitrogens is 2. The average molecular weight is 211 g/mol. The van der Waals surface area contributed by atoms with Gasteiger partial charge < -0.3 is 0 Å². The van der Waals surface area contributed by atoms with Crippen LogP contribution in [0.15, 0.2) is 18.3 Å². The summed E-state index contributed by atoms with van der Waals surface area (Å²) >= 11 is 5.74. The van der Waals surface area contributed by atoms with E-state index in [0.717, 1.165) is 0 Å². The molecule has 0 spiro atoms. The Kier molecular flexibility index (Phi) is 2.33. The molecular formula is C10H8ClFN2. The molecule has 0 fully saturated rings. The van der Waals surface area contributed by atoms with Gasteiger partial charge in [-0.15, -0.1) is 0 Å². The van der Waals surface area contributed by atoms with Crippen LogP contribution < -0.4 is 0 Å². The highest BCUT2D eigenvalue weighted by Gasteiger charge is 2.08. The first-order chi connectivity index (χ1) is 6.72. The molecule has 0 saturated carbocycles. The van der Waals surface area contributed by atoms with Crippen molar-refractivity contribution >= 4 is 22.6 Å². The molecule has 4 heteroatoms. The zero-order chi connectivity index (χ0) is 10.1. The van der Waals surface area contributed by atoms with E-state index in [0.29, 0.717) is 28.2 Å². The molecule has 0 atom stereocenters. The van der Waals surface area contributed by atoms with Crippen LogP contribution in [0.1, 0.15) is 12.5 Å². The van der Waals surface area contributed by atoms with E-state index in [9.17, 15) is 4.39 Å². The molecule has 0 aliphatic carbocycles. The van der Waals surface area contributed by atoms with Crippen LogP contribution in [-0.2, 0) is 6.42 Å². The van der Waals surface area contributed by atoms with Gasteiger partial charge in [-0.25, -0.2) is 9.37 Å². The molecule has 0 saturated heterocycles. The maximum Gasteiger partial charge on any atom is 0.146 e. The minimum Gasteiger partial charge on any atom is -0.252 e. The monoisotopic (exact) mass is 210 g/mol. The van der Waals surface area contributed by atoms with Crippen LogP contribution in [0.4, 0.5) is 4.39 Å². The molecule has 0 radical (unpaired) electrons. The van der Waals surface area contributed by atoms with Crippen molar-refractivity contribution in [2.75, 3.05) is 0 Å². The Labute approximate surface area is 85.8 Å². The van der Waals surface area contributed by atoms with Crippen LogP contribution in [-0.4, -0.2) is 9.97 Å². The third-order valence-corrected chi connectivity index (χ3v) is 2.30. The Balaban J connectivity index is 2.84. The summed E-state index contributed by atoms with van der Waals surface area (Å²) in [7, 11) is 0. The van der Waals surface area contributed by atoms with E-state index < -0.39 is 0 Å². The number of halogens is 2. The van der Waals surface area contributed by atoms with Gasteiger partial charge in [-0.3, -0.25) is 4.98 Å². The van der Waals surface area contributed by atoms with Crippen LogP contribution in [0.25, 0.3) is 11.0 Å². The van der Waals surface area contributed by atoms with E-state index in [-0.39, 0.29) is 5.82 Å². The Morgan fingerprint density at radius 3 is 2.93 bits per heavy atom. The highest BCUT2D eigenvalue weighted by Crippen LogP contribution is 2.20. The van der Waals surface area contributed by atoms with Crippen molar-refractivity contribution in [3.05, 3.63) is 34.9 Å². The Hall–Kier alpha value is -1.22. The number of hydrogen-bond donors (Lipinski definition) is 0. The summed E-state index contributed by atoms with van der Waals surface area (Å²) in [5.41, 5.74) is 1.80. The molecule has 0 amide bonds. The lowest BCUT2D eigenvalue weighted by Crippen LogP contribution is -1.95. The highest BCUT2D eigenvalue weighted by molar-refractivity contribution is 6.29. The third kappa shape index (κ3) is 1.44. The Bertz CT molecular complexity index is 480. The SMILES string of the molecule is CCc1c(F)cnc2ccc(Cl)nc12. The van der Waals surface area contributed by atoms with Gasteiger partial charge >= 0.3 is 0 Å². The normalized spacial score (nSPS) is 10.8. The van der Waals surface area contributed by atoms with Gasteiger partial charge in [0.1, 0.15) is 11.0 Å². The van der Waals surface area contributed by atoms with E-state index in [1.165, 1.54) is 6.20 Å². The second-order valence-electron chi connectivity index (χ2n) is 2.94. The minimum atomic E-state index is -0.324. The van der Waals surface area contributed by atoms with Crippen molar-refractivity contribution in [3.63, 3.8) is 0 Å². The zero-order valence-corrected chi connectivity index (χ0v) is 8.35. The van der Waals surface area contributed by atoms with Crippen molar-refractivity contribution in [1.29, 1.82) is 0 Å². The highest BCUT2D eigenvalue weighted by atomic mass is 35.5. The summed E-state index contributed by atoms with van der Waals surface area (Å²) in [5, 5.41) is 0.361. The summed E-state index contributed by atoms with van der Waals surface area (Å²) < 4.78 is 13.3. The van der Waals surface area contributed by atoms with Gasteiger partial charge in [0, 0.05) is 5.56 Å². The molecule has 0 aromatic carbocycles. The molecule has 2 aromatic heterocycles. The quantitative estimate of drug-likeness (QED) is 0.677. The molecule has 2 nitrogen and oxygen atoms in total. The first kappa shape index (κ1) is 9.34. The molecule has 2 aromatic rings. The maximum absolute atomic E-state index is 13.3. The fourth-order valence-corrected chi connectivity index (χ4v) is 1.56. The molecule has 0 unspecified atom stereocenters. The van der Waals surface area contributed by atoms with Gasteiger partial charge in [-0.05, 0) is 18.6 Å². The van der Waals surface area contributed by atoms with E-state index in [2.05, 4.69) is 9.97 Å². The average Bonchev–Trinajstić information content (AvgIpc) is 2.17. The summed E-state index contributed by atoms with van der Waals surface area (Å²) in [5.74, 6) is -0.324. The van der Waals surface area contributed by atoms with Gasteiger partial charge in [0.15, 0.2) is 0 Å². The number of aryl methyl sites for hydroxylation is 1. The van der Waals surface area contributed by atoms with Gasteiger partial charge in [-0.2, -0.15) is 0 Å². The first-order valence-electron chi connectivity index (χ1n) is 4.32. The minimum absolute atomic E-state index is 0.324. The van der Waals surface area contributed by atoms with Crippen molar-refractivity contribution in [3.8, 4) is 0 Å². The largest absolute Gasteiger partial charge is 0.252 e. The Morgan fingerprint density at radius 1 is 1.43 bits per heavy atom.